The fourth-order valence-corrected chi connectivity index (χ4v) is 1.98. The van der Waals surface area contributed by atoms with E-state index in [2.05, 4.69) is 49.3 Å². The maximum atomic E-state index is 5.37. The molecule has 1 aromatic heterocycles. The second kappa shape index (κ2) is 9.10. The van der Waals surface area contributed by atoms with E-state index in [1.165, 1.54) is 19.3 Å². The molecule has 0 aromatic carbocycles. The third-order valence-electron chi connectivity index (χ3n) is 3.04. The van der Waals surface area contributed by atoms with Gasteiger partial charge in [-0.15, -0.1) is 0 Å². The van der Waals surface area contributed by atoms with Gasteiger partial charge in [-0.2, -0.15) is 0 Å². The molecule has 110 valence electrons. The Bertz CT molecular complexity index is 336. The molecule has 0 aliphatic heterocycles. The molecule has 0 unspecified atom stereocenters. The van der Waals surface area contributed by atoms with Crippen LogP contribution in [0.3, 0.4) is 0 Å². The van der Waals surface area contributed by atoms with Crippen molar-refractivity contribution in [3.05, 3.63) is 17.5 Å². The third kappa shape index (κ3) is 7.33. The van der Waals surface area contributed by atoms with E-state index in [-0.39, 0.29) is 0 Å². The molecule has 4 heteroatoms. The van der Waals surface area contributed by atoms with Gasteiger partial charge >= 0.3 is 0 Å². The van der Waals surface area contributed by atoms with Crippen LogP contribution in [0.1, 0.15) is 51.5 Å². The van der Waals surface area contributed by atoms with E-state index in [9.17, 15) is 0 Å². The predicted octanol–water partition coefficient (Wildman–Crippen LogP) is 3.04. The lowest BCUT2D eigenvalue weighted by Gasteiger charge is -2.13. The van der Waals surface area contributed by atoms with Crippen LogP contribution in [-0.4, -0.2) is 30.2 Å². The van der Waals surface area contributed by atoms with Crippen molar-refractivity contribution < 1.29 is 4.52 Å². The van der Waals surface area contributed by atoms with Crippen molar-refractivity contribution in [3.8, 4) is 0 Å². The molecule has 4 nitrogen and oxygen atoms in total. The maximum absolute atomic E-state index is 5.37. The topological polar surface area (TPSA) is 41.3 Å². The first kappa shape index (κ1) is 16.2. The number of rotatable bonds is 10. The first-order chi connectivity index (χ1) is 9.11. The molecule has 0 fully saturated rings. The Morgan fingerprint density at radius 2 is 2.16 bits per heavy atom. The SMILES string of the molecule is CCCCCN(C)Cc1cc(CNCC(C)C)no1. The fraction of sp³-hybridized carbons (Fsp3) is 0.800. The smallest absolute Gasteiger partial charge is 0.151 e. The van der Waals surface area contributed by atoms with Crippen molar-refractivity contribution >= 4 is 0 Å². The van der Waals surface area contributed by atoms with Gasteiger partial charge in [0.1, 0.15) is 0 Å². The first-order valence-corrected chi connectivity index (χ1v) is 7.45. The average Bonchev–Trinajstić information content (AvgIpc) is 2.76. The highest BCUT2D eigenvalue weighted by Gasteiger charge is 2.07. The number of hydrogen-bond acceptors (Lipinski definition) is 4. The molecule has 0 aliphatic rings. The number of nitrogens with zero attached hydrogens (tertiary/aromatic N) is 2. The molecule has 0 atom stereocenters. The monoisotopic (exact) mass is 267 g/mol. The van der Waals surface area contributed by atoms with E-state index in [1.54, 1.807) is 0 Å². The minimum atomic E-state index is 0.663. The molecule has 1 aromatic rings. The minimum Gasteiger partial charge on any atom is -0.360 e. The van der Waals surface area contributed by atoms with Crippen LogP contribution in [0.2, 0.25) is 0 Å². The van der Waals surface area contributed by atoms with Crippen LogP contribution < -0.4 is 5.32 Å². The summed E-state index contributed by atoms with van der Waals surface area (Å²) in [4.78, 5) is 2.29. The zero-order chi connectivity index (χ0) is 14.1. The standard InChI is InChI=1S/C15H29N3O/c1-5-6-7-8-18(4)12-15-9-14(17-19-15)11-16-10-13(2)3/h9,13,16H,5-8,10-12H2,1-4H3. The third-order valence-corrected chi connectivity index (χ3v) is 3.04. The Labute approximate surface area is 117 Å². The van der Waals surface area contributed by atoms with Crippen LogP contribution in [-0.2, 0) is 13.1 Å². The molecular formula is C15H29N3O. The van der Waals surface area contributed by atoms with Gasteiger partial charge in [0.25, 0.3) is 0 Å². The van der Waals surface area contributed by atoms with Crippen molar-refractivity contribution in [1.29, 1.82) is 0 Å². The second-order valence-electron chi connectivity index (χ2n) is 5.75. The highest BCUT2D eigenvalue weighted by atomic mass is 16.5. The van der Waals surface area contributed by atoms with E-state index in [0.717, 1.165) is 37.6 Å². The molecule has 1 N–H and O–H groups in total. The number of aromatic nitrogens is 1. The zero-order valence-electron chi connectivity index (χ0n) is 12.9. The number of unbranched alkanes of at least 4 members (excludes halogenated alkanes) is 2. The van der Waals surface area contributed by atoms with Crippen molar-refractivity contribution in [3.63, 3.8) is 0 Å². The Kier molecular flexibility index (Phi) is 7.75. The molecule has 0 saturated heterocycles. The lowest BCUT2D eigenvalue weighted by atomic mass is 10.2. The molecule has 19 heavy (non-hydrogen) atoms. The largest absolute Gasteiger partial charge is 0.360 e. The fourth-order valence-electron chi connectivity index (χ4n) is 1.98. The summed E-state index contributed by atoms with van der Waals surface area (Å²) < 4.78 is 5.37. The Balaban J connectivity index is 2.25. The quantitative estimate of drug-likeness (QED) is 0.662. The van der Waals surface area contributed by atoms with Gasteiger partial charge in [-0.25, -0.2) is 0 Å². The van der Waals surface area contributed by atoms with Gasteiger partial charge in [0, 0.05) is 12.6 Å². The maximum Gasteiger partial charge on any atom is 0.151 e. The molecule has 0 radical (unpaired) electrons. The summed E-state index contributed by atoms with van der Waals surface area (Å²) in [6, 6.07) is 2.06. The summed E-state index contributed by atoms with van der Waals surface area (Å²) in [5, 5.41) is 7.47. The van der Waals surface area contributed by atoms with Gasteiger partial charge in [-0.05, 0) is 32.5 Å². The summed E-state index contributed by atoms with van der Waals surface area (Å²) in [6.07, 6.45) is 3.82. The van der Waals surface area contributed by atoms with Crippen LogP contribution in [0.15, 0.2) is 10.6 Å². The Morgan fingerprint density at radius 1 is 1.37 bits per heavy atom. The molecule has 1 heterocycles. The first-order valence-electron chi connectivity index (χ1n) is 7.45. The summed E-state index contributed by atoms with van der Waals surface area (Å²) in [5.41, 5.74) is 0.998. The van der Waals surface area contributed by atoms with Gasteiger partial charge in [-0.1, -0.05) is 38.8 Å². The molecule has 0 saturated carbocycles. The molecule has 1 rings (SSSR count). The normalized spacial score (nSPS) is 11.7. The minimum absolute atomic E-state index is 0.663. The highest BCUT2D eigenvalue weighted by molar-refractivity contribution is 5.04. The summed E-state index contributed by atoms with van der Waals surface area (Å²) >= 11 is 0. The van der Waals surface area contributed by atoms with E-state index in [1.807, 2.05) is 0 Å². The lowest BCUT2D eigenvalue weighted by molar-refractivity contribution is 0.267. The zero-order valence-corrected chi connectivity index (χ0v) is 12.9. The van der Waals surface area contributed by atoms with Gasteiger partial charge in [-0.3, -0.25) is 4.90 Å². The Hall–Kier alpha value is -0.870. The van der Waals surface area contributed by atoms with Crippen molar-refractivity contribution in [2.75, 3.05) is 20.1 Å². The van der Waals surface area contributed by atoms with Crippen molar-refractivity contribution in [2.45, 2.75) is 53.1 Å². The molecule has 0 amide bonds. The predicted molar refractivity (Wildman–Crippen MR) is 78.9 cm³/mol. The van der Waals surface area contributed by atoms with Gasteiger partial charge in [0.05, 0.1) is 12.2 Å². The van der Waals surface area contributed by atoms with E-state index < -0.39 is 0 Å². The van der Waals surface area contributed by atoms with Crippen LogP contribution in [0.5, 0.6) is 0 Å². The van der Waals surface area contributed by atoms with Crippen LogP contribution >= 0.6 is 0 Å². The summed E-state index contributed by atoms with van der Waals surface area (Å²) in [7, 11) is 2.13. The second-order valence-corrected chi connectivity index (χ2v) is 5.75. The van der Waals surface area contributed by atoms with Crippen LogP contribution in [0, 0.1) is 5.92 Å². The number of nitrogens with one attached hydrogen (secondary N) is 1. The lowest BCUT2D eigenvalue weighted by Crippen LogP contribution is -2.19. The van der Waals surface area contributed by atoms with Crippen LogP contribution in [0.25, 0.3) is 0 Å². The summed E-state index contributed by atoms with van der Waals surface area (Å²) in [6.45, 7) is 10.4. The van der Waals surface area contributed by atoms with Gasteiger partial charge in [0.2, 0.25) is 0 Å². The Morgan fingerprint density at radius 3 is 2.84 bits per heavy atom. The molecule has 0 spiro atoms. The molecular weight excluding hydrogens is 238 g/mol. The van der Waals surface area contributed by atoms with Gasteiger partial charge < -0.3 is 9.84 Å². The molecule has 0 bridgehead atoms. The van der Waals surface area contributed by atoms with E-state index in [0.29, 0.717) is 5.92 Å². The van der Waals surface area contributed by atoms with E-state index in [4.69, 9.17) is 4.52 Å². The van der Waals surface area contributed by atoms with Crippen molar-refractivity contribution in [1.82, 2.24) is 15.4 Å². The summed E-state index contributed by atoms with van der Waals surface area (Å²) in [5.74, 6) is 1.62. The van der Waals surface area contributed by atoms with Gasteiger partial charge in [0.15, 0.2) is 5.76 Å². The van der Waals surface area contributed by atoms with E-state index >= 15 is 0 Å². The molecule has 0 aliphatic carbocycles. The van der Waals surface area contributed by atoms with Crippen LogP contribution in [0.4, 0.5) is 0 Å². The average molecular weight is 267 g/mol. The number of hydrogen-bond donors (Lipinski definition) is 1. The highest BCUT2D eigenvalue weighted by Crippen LogP contribution is 2.07. The van der Waals surface area contributed by atoms with Crippen molar-refractivity contribution in [2.24, 2.45) is 5.92 Å².